The first-order chi connectivity index (χ1) is 7.97. The molecule has 0 radical (unpaired) electrons. The van der Waals surface area contributed by atoms with Crippen LogP contribution in [0.1, 0.15) is 5.56 Å². The van der Waals surface area contributed by atoms with Crippen molar-refractivity contribution in [2.24, 2.45) is 0 Å². The van der Waals surface area contributed by atoms with Crippen LogP contribution in [0, 0.1) is 0 Å². The fourth-order valence-corrected chi connectivity index (χ4v) is 1.39. The van der Waals surface area contributed by atoms with E-state index in [2.05, 4.69) is 0 Å². The lowest BCUT2D eigenvalue weighted by atomic mass is 10.2. The van der Waals surface area contributed by atoms with Crippen molar-refractivity contribution >= 4 is 23.2 Å². The number of rotatable bonds is 4. The second-order valence-corrected chi connectivity index (χ2v) is 3.56. The van der Waals surface area contributed by atoms with Crippen molar-refractivity contribution in [3.05, 3.63) is 28.8 Å². The molecule has 0 aliphatic rings. The monoisotopic (exact) mass is 267 g/mol. The average molecular weight is 268 g/mol. The number of alkyl halides is 3. The normalized spacial score (nSPS) is 12.6. The van der Waals surface area contributed by atoms with Crippen LogP contribution in [0.4, 0.5) is 18.9 Å². The van der Waals surface area contributed by atoms with E-state index < -0.39 is 25.1 Å². The zero-order chi connectivity index (χ0) is 13.0. The van der Waals surface area contributed by atoms with E-state index in [1.54, 1.807) is 0 Å². The van der Waals surface area contributed by atoms with E-state index >= 15 is 0 Å². The number of amides is 1. The van der Waals surface area contributed by atoms with Crippen molar-refractivity contribution in [2.75, 3.05) is 5.32 Å². The van der Waals surface area contributed by atoms with E-state index in [9.17, 15) is 18.0 Å². The lowest BCUT2D eigenvalue weighted by molar-refractivity contribution is -0.125. The van der Waals surface area contributed by atoms with Gasteiger partial charge in [0, 0.05) is 16.3 Å². The van der Waals surface area contributed by atoms with Crippen LogP contribution >= 0.6 is 11.6 Å². The zero-order valence-electron chi connectivity index (χ0n) is 8.46. The fourth-order valence-electron chi connectivity index (χ4n) is 1.15. The Balaban J connectivity index is 2.89. The number of halogens is 4. The van der Waals surface area contributed by atoms with E-state index in [0.29, 0.717) is 0 Å². The number of carbonyl (C=O) groups excluding carboxylic acids is 1. The van der Waals surface area contributed by atoms with Gasteiger partial charge in [0.2, 0.25) is 6.17 Å². The van der Waals surface area contributed by atoms with Crippen molar-refractivity contribution in [2.45, 2.75) is 19.2 Å². The molecule has 1 unspecified atom stereocenters. The number of carbonyl (C=O) groups is 1. The lowest BCUT2D eigenvalue weighted by Crippen LogP contribution is -2.30. The van der Waals surface area contributed by atoms with Crippen molar-refractivity contribution in [1.82, 2.24) is 0 Å². The number of anilines is 1. The van der Waals surface area contributed by atoms with Crippen molar-refractivity contribution in [3.8, 4) is 0 Å². The minimum Gasteiger partial charge on any atom is -0.392 e. The predicted molar refractivity (Wildman–Crippen MR) is 56.9 cm³/mol. The number of nitrogens with one attached hydrogen (secondary N) is 1. The minimum atomic E-state index is -3.40. The minimum absolute atomic E-state index is 0.00769. The van der Waals surface area contributed by atoms with Crippen LogP contribution in [0.3, 0.4) is 0 Å². The second kappa shape index (κ2) is 5.88. The number of aliphatic hydroxyl groups excluding tert-OH is 1. The fraction of sp³-hybridized carbons (Fsp3) is 0.300. The summed E-state index contributed by atoms with van der Waals surface area (Å²) >= 11 is 5.70. The van der Waals surface area contributed by atoms with Crippen LogP contribution in [0.25, 0.3) is 0 Å². The van der Waals surface area contributed by atoms with E-state index in [4.69, 9.17) is 16.7 Å². The highest BCUT2D eigenvalue weighted by atomic mass is 35.5. The Morgan fingerprint density at radius 1 is 1.41 bits per heavy atom. The molecule has 0 saturated heterocycles. The van der Waals surface area contributed by atoms with Crippen LogP contribution in [0.2, 0.25) is 5.02 Å². The topological polar surface area (TPSA) is 49.3 Å². The molecule has 17 heavy (non-hydrogen) atoms. The summed E-state index contributed by atoms with van der Waals surface area (Å²) < 4.78 is 36.5. The quantitative estimate of drug-likeness (QED) is 0.880. The highest BCUT2D eigenvalue weighted by Gasteiger charge is 2.28. The maximum Gasteiger partial charge on any atom is 0.278 e. The first-order valence-corrected chi connectivity index (χ1v) is 4.96. The molecule has 1 atom stereocenters. The van der Waals surface area contributed by atoms with Gasteiger partial charge in [0.25, 0.3) is 12.3 Å². The van der Waals surface area contributed by atoms with Gasteiger partial charge < -0.3 is 10.4 Å². The van der Waals surface area contributed by atoms with E-state index in [0.717, 1.165) is 0 Å². The lowest BCUT2D eigenvalue weighted by Gasteiger charge is -2.12. The summed E-state index contributed by atoms with van der Waals surface area (Å²) in [7, 11) is 0. The van der Waals surface area contributed by atoms with Gasteiger partial charge in [0.05, 0.1) is 6.61 Å². The number of hydrogen-bond donors (Lipinski definition) is 2. The molecular weight excluding hydrogens is 259 g/mol. The summed E-state index contributed by atoms with van der Waals surface area (Å²) in [5, 5.41) is 11.1. The summed E-state index contributed by atoms with van der Waals surface area (Å²) in [4.78, 5) is 11.0. The molecule has 0 heterocycles. The van der Waals surface area contributed by atoms with E-state index in [-0.39, 0.29) is 16.3 Å². The Labute approximate surface area is 100 Å². The maximum atomic E-state index is 12.7. The third-order valence-electron chi connectivity index (χ3n) is 2.01. The van der Waals surface area contributed by atoms with Crippen LogP contribution < -0.4 is 5.32 Å². The molecule has 0 saturated carbocycles. The number of aliphatic hydroxyl groups is 1. The van der Waals surface area contributed by atoms with Crippen LogP contribution in [0.15, 0.2) is 18.2 Å². The van der Waals surface area contributed by atoms with Gasteiger partial charge in [-0.1, -0.05) is 17.7 Å². The Bertz CT molecular complexity index is 415. The predicted octanol–water partition coefficient (Wildman–Crippen LogP) is 2.37. The van der Waals surface area contributed by atoms with E-state index in [1.165, 1.54) is 18.2 Å². The largest absolute Gasteiger partial charge is 0.392 e. The zero-order valence-corrected chi connectivity index (χ0v) is 9.22. The molecule has 1 aromatic rings. The Morgan fingerprint density at radius 2 is 2.06 bits per heavy atom. The summed E-state index contributed by atoms with van der Waals surface area (Å²) in [6, 6.07) is 4.21. The van der Waals surface area contributed by atoms with Crippen molar-refractivity contribution in [1.29, 1.82) is 0 Å². The third kappa shape index (κ3) is 3.34. The van der Waals surface area contributed by atoms with Gasteiger partial charge in [-0.15, -0.1) is 0 Å². The number of benzene rings is 1. The first kappa shape index (κ1) is 13.8. The summed E-state index contributed by atoms with van der Waals surface area (Å²) in [5.74, 6) is -1.48. The standard InChI is InChI=1S/C10H9ClF3NO2/c11-6-2-1-3-7(5(6)4-16)15-10(17)8(12)9(13)14/h1-3,8-9,16H,4H2,(H,15,17). The smallest absolute Gasteiger partial charge is 0.278 e. The maximum absolute atomic E-state index is 12.7. The Morgan fingerprint density at radius 3 is 2.59 bits per heavy atom. The molecule has 1 aromatic carbocycles. The molecule has 3 nitrogen and oxygen atoms in total. The highest BCUT2D eigenvalue weighted by molar-refractivity contribution is 6.31. The van der Waals surface area contributed by atoms with Crippen molar-refractivity contribution < 1.29 is 23.1 Å². The highest BCUT2D eigenvalue weighted by Crippen LogP contribution is 2.24. The summed E-state index contributed by atoms with van der Waals surface area (Å²) in [5.41, 5.74) is 0.150. The molecule has 2 N–H and O–H groups in total. The van der Waals surface area contributed by atoms with Gasteiger partial charge >= 0.3 is 0 Å². The molecule has 0 spiro atoms. The molecule has 1 amide bonds. The van der Waals surface area contributed by atoms with Crippen LogP contribution in [-0.2, 0) is 11.4 Å². The van der Waals surface area contributed by atoms with Gasteiger partial charge in [-0.2, -0.15) is 0 Å². The van der Waals surface area contributed by atoms with E-state index in [1.807, 2.05) is 5.32 Å². The average Bonchev–Trinajstić information content (AvgIpc) is 2.28. The Kier molecular flexibility index (Phi) is 4.77. The van der Waals surface area contributed by atoms with Crippen molar-refractivity contribution in [3.63, 3.8) is 0 Å². The first-order valence-electron chi connectivity index (χ1n) is 4.58. The summed E-state index contributed by atoms with van der Waals surface area (Å²) in [6.45, 7) is -0.499. The molecular formula is C10H9ClF3NO2. The molecule has 94 valence electrons. The number of hydrogen-bond acceptors (Lipinski definition) is 2. The molecule has 0 fully saturated rings. The van der Waals surface area contributed by atoms with Crippen LogP contribution in [-0.4, -0.2) is 23.6 Å². The Hall–Kier alpha value is -1.27. The molecule has 0 aromatic heterocycles. The molecule has 0 aliphatic carbocycles. The van der Waals surface area contributed by atoms with Gasteiger partial charge in [-0.25, -0.2) is 13.2 Å². The summed E-state index contributed by atoms with van der Waals surface area (Å²) in [6.07, 6.45) is -6.31. The van der Waals surface area contributed by atoms with Gasteiger partial charge in [-0.3, -0.25) is 4.79 Å². The molecule has 0 aliphatic heterocycles. The second-order valence-electron chi connectivity index (χ2n) is 3.15. The SMILES string of the molecule is O=C(Nc1cccc(Cl)c1CO)C(F)C(F)F. The molecule has 7 heteroatoms. The van der Waals surface area contributed by atoms with Crippen LogP contribution in [0.5, 0.6) is 0 Å². The molecule has 0 bridgehead atoms. The van der Waals surface area contributed by atoms with Gasteiger partial charge in [-0.05, 0) is 12.1 Å². The third-order valence-corrected chi connectivity index (χ3v) is 2.36. The van der Waals surface area contributed by atoms with Gasteiger partial charge in [0.15, 0.2) is 0 Å². The molecule has 1 rings (SSSR count). The van der Waals surface area contributed by atoms with Gasteiger partial charge in [0.1, 0.15) is 0 Å².